The third-order valence-electron chi connectivity index (χ3n) is 2.36. The molecule has 0 spiro atoms. The van der Waals surface area contributed by atoms with Crippen LogP contribution in [-0.4, -0.2) is 37.5 Å². The minimum Gasteiger partial charge on any atom is -0.480 e. The second-order valence-corrected chi connectivity index (χ2v) is 3.62. The summed E-state index contributed by atoms with van der Waals surface area (Å²) in [5, 5.41) is 19.6. The molecular formula is C9H14N8O. The number of nitrogens with two attached hydrogens (primary N) is 1. The predicted molar refractivity (Wildman–Crippen MR) is 61.2 cm³/mol. The molecule has 96 valence electrons. The van der Waals surface area contributed by atoms with E-state index < -0.39 is 0 Å². The fourth-order valence-electron chi connectivity index (χ4n) is 1.46. The van der Waals surface area contributed by atoms with Gasteiger partial charge in [0.25, 0.3) is 0 Å². The summed E-state index contributed by atoms with van der Waals surface area (Å²) in [4.78, 5) is 1.39. The molecule has 1 unspecified atom stereocenters. The first-order chi connectivity index (χ1) is 8.72. The van der Waals surface area contributed by atoms with Crippen LogP contribution in [0.3, 0.4) is 0 Å². The van der Waals surface area contributed by atoms with Crippen LogP contribution in [-0.2, 0) is 13.5 Å². The quantitative estimate of drug-likeness (QED) is 0.499. The molecule has 9 nitrogen and oxygen atoms in total. The molecule has 2 rings (SSSR count). The van der Waals surface area contributed by atoms with E-state index in [1.54, 1.807) is 19.2 Å². The van der Waals surface area contributed by atoms with Gasteiger partial charge in [-0.15, -0.1) is 15.3 Å². The second-order valence-electron chi connectivity index (χ2n) is 3.62. The number of ether oxygens (including phenoxy) is 1. The zero-order valence-corrected chi connectivity index (χ0v) is 10.1. The highest BCUT2D eigenvalue weighted by Gasteiger charge is 2.15. The van der Waals surface area contributed by atoms with Crippen LogP contribution in [0.1, 0.15) is 17.6 Å². The summed E-state index contributed by atoms with van der Waals surface area (Å²) in [6.45, 7) is 0. The first-order valence-corrected chi connectivity index (χ1v) is 5.29. The molecule has 1 atom stereocenters. The number of aryl methyl sites for hydroxylation is 1. The van der Waals surface area contributed by atoms with E-state index in [9.17, 15) is 0 Å². The number of nitrogens with zero attached hydrogens (tertiary/aromatic N) is 6. The standard InChI is InChI=1S/C9H14N8O/c1-17-15-8(13-16-17)5-7(11-10)6-3-4-9(18-2)14-12-6/h3-4,7,11H,5,10H2,1-2H3. The molecule has 0 amide bonds. The summed E-state index contributed by atoms with van der Waals surface area (Å²) in [6, 6.07) is 3.27. The number of hydrazine groups is 1. The van der Waals surface area contributed by atoms with Crippen LogP contribution in [0.5, 0.6) is 5.88 Å². The zero-order chi connectivity index (χ0) is 13.0. The number of hydrogen-bond acceptors (Lipinski definition) is 8. The number of methoxy groups -OCH3 is 1. The van der Waals surface area contributed by atoms with Crippen molar-refractivity contribution >= 4 is 0 Å². The van der Waals surface area contributed by atoms with Crippen LogP contribution in [0.2, 0.25) is 0 Å². The summed E-state index contributed by atoms with van der Waals surface area (Å²) < 4.78 is 4.94. The number of hydrogen-bond donors (Lipinski definition) is 2. The molecular weight excluding hydrogens is 236 g/mol. The fraction of sp³-hybridized carbons (Fsp3) is 0.444. The van der Waals surface area contributed by atoms with E-state index in [1.807, 2.05) is 0 Å². The van der Waals surface area contributed by atoms with Gasteiger partial charge in [-0.3, -0.25) is 11.3 Å². The van der Waals surface area contributed by atoms with Crippen LogP contribution < -0.4 is 16.0 Å². The number of aromatic nitrogens is 6. The molecule has 0 aliphatic heterocycles. The molecule has 0 aliphatic carbocycles. The van der Waals surface area contributed by atoms with E-state index in [4.69, 9.17) is 10.6 Å². The van der Waals surface area contributed by atoms with Gasteiger partial charge in [0.05, 0.1) is 25.9 Å². The Balaban J connectivity index is 2.12. The maximum Gasteiger partial charge on any atom is 0.233 e. The molecule has 0 radical (unpaired) electrons. The van der Waals surface area contributed by atoms with E-state index in [-0.39, 0.29) is 6.04 Å². The lowest BCUT2D eigenvalue weighted by molar-refractivity contribution is 0.389. The van der Waals surface area contributed by atoms with Gasteiger partial charge in [0, 0.05) is 12.5 Å². The Hall–Kier alpha value is -2.13. The fourth-order valence-corrected chi connectivity index (χ4v) is 1.46. The van der Waals surface area contributed by atoms with Gasteiger partial charge in [-0.1, -0.05) is 0 Å². The van der Waals surface area contributed by atoms with Gasteiger partial charge in [-0.05, 0) is 11.3 Å². The number of nitrogens with one attached hydrogen (secondary N) is 1. The monoisotopic (exact) mass is 250 g/mol. The lowest BCUT2D eigenvalue weighted by atomic mass is 10.1. The summed E-state index contributed by atoms with van der Waals surface area (Å²) in [7, 11) is 3.24. The lowest BCUT2D eigenvalue weighted by Gasteiger charge is -2.12. The Morgan fingerprint density at radius 3 is 2.72 bits per heavy atom. The van der Waals surface area contributed by atoms with Gasteiger partial charge in [0.2, 0.25) is 5.88 Å². The van der Waals surface area contributed by atoms with Gasteiger partial charge in [0.15, 0.2) is 5.82 Å². The van der Waals surface area contributed by atoms with E-state index in [2.05, 4.69) is 31.0 Å². The number of rotatable bonds is 5. The highest BCUT2D eigenvalue weighted by Crippen LogP contribution is 2.14. The molecule has 0 saturated carbocycles. The molecule has 3 N–H and O–H groups in total. The lowest BCUT2D eigenvalue weighted by Crippen LogP contribution is -2.30. The smallest absolute Gasteiger partial charge is 0.233 e. The first kappa shape index (κ1) is 12.3. The van der Waals surface area contributed by atoms with Gasteiger partial charge in [-0.25, -0.2) is 0 Å². The Morgan fingerprint density at radius 1 is 1.39 bits per heavy atom. The summed E-state index contributed by atoms with van der Waals surface area (Å²) >= 11 is 0. The van der Waals surface area contributed by atoms with Crippen molar-refractivity contribution < 1.29 is 4.74 Å². The molecule has 0 saturated heterocycles. The average Bonchev–Trinajstić information content (AvgIpc) is 2.82. The van der Waals surface area contributed by atoms with Crippen molar-refractivity contribution in [3.63, 3.8) is 0 Å². The molecule has 2 aromatic heterocycles. The van der Waals surface area contributed by atoms with Gasteiger partial charge >= 0.3 is 0 Å². The molecule has 0 aromatic carbocycles. The van der Waals surface area contributed by atoms with Crippen molar-refractivity contribution in [3.05, 3.63) is 23.7 Å². The highest BCUT2D eigenvalue weighted by molar-refractivity contribution is 5.14. The third-order valence-corrected chi connectivity index (χ3v) is 2.36. The predicted octanol–water partition coefficient (Wildman–Crippen LogP) is -1.24. The summed E-state index contributed by atoms with van der Waals surface area (Å²) in [6.07, 6.45) is 0.478. The van der Waals surface area contributed by atoms with Crippen LogP contribution >= 0.6 is 0 Å². The van der Waals surface area contributed by atoms with Crippen molar-refractivity contribution in [2.75, 3.05) is 7.11 Å². The molecule has 2 heterocycles. The van der Waals surface area contributed by atoms with E-state index in [0.29, 0.717) is 23.8 Å². The minimum atomic E-state index is -0.229. The largest absolute Gasteiger partial charge is 0.480 e. The molecule has 18 heavy (non-hydrogen) atoms. The minimum absolute atomic E-state index is 0.229. The van der Waals surface area contributed by atoms with Crippen LogP contribution in [0.4, 0.5) is 0 Å². The average molecular weight is 250 g/mol. The SMILES string of the molecule is COc1ccc(C(Cc2nnn(C)n2)NN)nn1. The Bertz CT molecular complexity index is 496. The van der Waals surface area contributed by atoms with Gasteiger partial charge in [0.1, 0.15) is 0 Å². The Labute approximate surface area is 103 Å². The Morgan fingerprint density at radius 2 is 2.22 bits per heavy atom. The van der Waals surface area contributed by atoms with Crippen molar-refractivity contribution in [1.82, 2.24) is 35.8 Å². The van der Waals surface area contributed by atoms with Crippen molar-refractivity contribution in [1.29, 1.82) is 0 Å². The van der Waals surface area contributed by atoms with Crippen LogP contribution in [0.15, 0.2) is 12.1 Å². The van der Waals surface area contributed by atoms with E-state index >= 15 is 0 Å². The molecule has 9 heteroatoms. The highest BCUT2D eigenvalue weighted by atomic mass is 16.5. The van der Waals surface area contributed by atoms with E-state index in [0.717, 1.165) is 0 Å². The zero-order valence-electron chi connectivity index (χ0n) is 10.1. The Kier molecular flexibility index (Phi) is 3.75. The molecule has 0 bridgehead atoms. The molecule has 0 fully saturated rings. The van der Waals surface area contributed by atoms with Gasteiger partial charge < -0.3 is 4.74 Å². The molecule has 0 aliphatic rings. The second kappa shape index (κ2) is 5.47. The maximum atomic E-state index is 5.50. The summed E-state index contributed by atoms with van der Waals surface area (Å²) in [5.41, 5.74) is 3.34. The molecule has 2 aromatic rings. The normalized spacial score (nSPS) is 12.4. The van der Waals surface area contributed by atoms with E-state index in [1.165, 1.54) is 11.9 Å². The third kappa shape index (κ3) is 2.76. The topological polar surface area (TPSA) is 117 Å². The van der Waals surface area contributed by atoms with Crippen LogP contribution in [0.25, 0.3) is 0 Å². The number of tetrazole rings is 1. The first-order valence-electron chi connectivity index (χ1n) is 5.29. The van der Waals surface area contributed by atoms with Crippen molar-refractivity contribution in [2.45, 2.75) is 12.5 Å². The van der Waals surface area contributed by atoms with Crippen molar-refractivity contribution in [3.8, 4) is 5.88 Å². The van der Waals surface area contributed by atoms with Gasteiger partial charge in [-0.2, -0.15) is 9.90 Å². The van der Waals surface area contributed by atoms with Crippen LogP contribution in [0, 0.1) is 0 Å². The summed E-state index contributed by atoms with van der Waals surface area (Å²) in [5.74, 6) is 6.53. The maximum absolute atomic E-state index is 5.50. The van der Waals surface area contributed by atoms with Crippen molar-refractivity contribution in [2.24, 2.45) is 12.9 Å².